The van der Waals surface area contributed by atoms with Crippen LogP contribution in [0.5, 0.6) is 0 Å². The largest absolute Gasteiger partial charge is 0.135 e. The van der Waals surface area contributed by atoms with Gasteiger partial charge in [-0.05, 0) is 88.8 Å². The smallest absolute Gasteiger partial charge is 0.0623 e. The Bertz CT molecular complexity index is 2670. The first-order valence-electron chi connectivity index (χ1n) is 16.9. The Morgan fingerprint density at radius 2 is 1.09 bits per heavy atom. The molecule has 0 N–H and O–H groups in total. The Hall–Kier alpha value is -5.24. The van der Waals surface area contributed by atoms with Gasteiger partial charge in [-0.2, -0.15) is 0 Å². The van der Waals surface area contributed by atoms with Gasteiger partial charge in [0.1, 0.15) is 0 Å². The summed E-state index contributed by atoms with van der Waals surface area (Å²) >= 11 is 1.93. The van der Waals surface area contributed by atoms with E-state index in [1.54, 1.807) is 0 Å². The Kier molecular flexibility index (Phi) is 6.11. The van der Waals surface area contributed by atoms with Crippen LogP contribution in [0.3, 0.4) is 0 Å². The van der Waals surface area contributed by atoms with E-state index in [2.05, 4.69) is 154 Å². The van der Waals surface area contributed by atoms with Crippen LogP contribution in [0.15, 0.2) is 152 Å². The second kappa shape index (κ2) is 10.7. The van der Waals surface area contributed by atoms with Crippen molar-refractivity contribution in [3.63, 3.8) is 0 Å². The summed E-state index contributed by atoms with van der Waals surface area (Å²) in [5.74, 6) is 0. The van der Waals surface area contributed by atoms with Crippen molar-refractivity contribution in [1.82, 2.24) is 0 Å². The van der Waals surface area contributed by atoms with E-state index in [1.165, 1.54) is 80.7 Å². The van der Waals surface area contributed by atoms with Gasteiger partial charge in [0.25, 0.3) is 0 Å². The van der Waals surface area contributed by atoms with E-state index in [4.69, 9.17) is 1.37 Å². The minimum absolute atomic E-state index is 0.0601. The average molecular weight is 620 g/mol. The Labute approximate surface area is 281 Å². The van der Waals surface area contributed by atoms with Crippen molar-refractivity contribution in [3.05, 3.63) is 157 Å². The highest BCUT2D eigenvalue weighted by Gasteiger charge is 2.23. The second-order valence-corrected chi connectivity index (χ2v) is 14.6. The molecule has 9 aromatic rings. The molecule has 47 heavy (non-hydrogen) atoms. The molecule has 0 aliphatic carbocycles. The summed E-state index contributed by atoms with van der Waals surface area (Å²) in [6.45, 7) is 6.95. The molecule has 0 unspecified atom stereocenters. The predicted octanol–water partition coefficient (Wildman–Crippen LogP) is 13.8. The summed E-state index contributed by atoms with van der Waals surface area (Å²) in [6.07, 6.45) is 0. The standard InChI is InChI=1S/C46H34S/c1-46(2,3)40-24-12-23-39-44-38(22-13-25-41(44)47-45(39)40)43-36-20-10-8-18-34(36)42(35-19-9-11-21-37(35)43)33-17-7-6-16-32(33)31-27-26-29-14-4-5-15-30(29)28-31/h4-28H,1-3H3/i4D. The van der Waals surface area contributed by atoms with E-state index in [-0.39, 0.29) is 5.41 Å². The van der Waals surface area contributed by atoms with Crippen LogP contribution in [0.2, 0.25) is 0 Å². The lowest BCUT2D eigenvalue weighted by Crippen LogP contribution is -2.10. The molecule has 9 rings (SSSR count). The number of hydrogen-bond acceptors (Lipinski definition) is 1. The lowest BCUT2D eigenvalue weighted by Gasteiger charge is -2.21. The number of benzene rings is 8. The van der Waals surface area contributed by atoms with E-state index in [1.807, 2.05) is 23.5 Å². The van der Waals surface area contributed by atoms with Crippen LogP contribution in [0, 0.1) is 0 Å². The van der Waals surface area contributed by atoms with Crippen LogP contribution < -0.4 is 0 Å². The first-order valence-corrected chi connectivity index (χ1v) is 17.2. The summed E-state index contributed by atoms with van der Waals surface area (Å²) in [4.78, 5) is 0. The molecule has 0 bridgehead atoms. The second-order valence-electron chi connectivity index (χ2n) is 13.6. The van der Waals surface area contributed by atoms with Crippen LogP contribution in [0.1, 0.15) is 27.7 Å². The minimum Gasteiger partial charge on any atom is -0.135 e. The molecule has 0 aliphatic heterocycles. The normalized spacial score (nSPS) is 12.4. The Morgan fingerprint density at radius 3 is 1.79 bits per heavy atom. The summed E-state index contributed by atoms with van der Waals surface area (Å²) in [5.41, 5.74) is 8.93. The molecule has 0 amide bonds. The van der Waals surface area contributed by atoms with Crippen LogP contribution in [0.25, 0.3) is 85.9 Å². The SMILES string of the molecule is [2H]c1ccc2cc(-c3ccccc3-c3c4ccccc4c(-c4cccc5sc6c(C(C)(C)C)cccc6c45)c4ccccc34)ccc2c1. The Balaban J connectivity index is 1.37. The van der Waals surface area contributed by atoms with Gasteiger partial charge in [-0.3, -0.25) is 0 Å². The number of hydrogen-bond donors (Lipinski definition) is 0. The van der Waals surface area contributed by atoms with Crippen LogP contribution in [-0.2, 0) is 5.41 Å². The van der Waals surface area contributed by atoms with E-state index >= 15 is 0 Å². The number of rotatable bonds is 3. The van der Waals surface area contributed by atoms with E-state index in [0.29, 0.717) is 6.04 Å². The van der Waals surface area contributed by atoms with Crippen molar-refractivity contribution in [2.75, 3.05) is 0 Å². The van der Waals surface area contributed by atoms with Crippen molar-refractivity contribution in [1.29, 1.82) is 0 Å². The fraction of sp³-hybridized carbons (Fsp3) is 0.0870. The molecule has 1 aromatic heterocycles. The van der Waals surface area contributed by atoms with Gasteiger partial charge in [-0.25, -0.2) is 0 Å². The maximum Gasteiger partial charge on any atom is 0.0623 e. The molecule has 0 nitrogen and oxygen atoms in total. The minimum atomic E-state index is 0.0601. The summed E-state index contributed by atoms with van der Waals surface area (Å²) in [7, 11) is 0. The van der Waals surface area contributed by atoms with Gasteiger partial charge >= 0.3 is 0 Å². The molecule has 0 aliphatic rings. The third-order valence-electron chi connectivity index (χ3n) is 9.72. The predicted molar refractivity (Wildman–Crippen MR) is 207 cm³/mol. The summed E-state index contributed by atoms with van der Waals surface area (Å²) in [6, 6.07) is 53.5. The van der Waals surface area contributed by atoms with Crippen LogP contribution in [-0.4, -0.2) is 0 Å². The first kappa shape index (κ1) is 26.9. The highest BCUT2D eigenvalue weighted by Crippen LogP contribution is 2.50. The number of thiophene rings is 1. The highest BCUT2D eigenvalue weighted by molar-refractivity contribution is 7.26. The third kappa shape index (κ3) is 4.42. The topological polar surface area (TPSA) is 0 Å². The van der Waals surface area contributed by atoms with Gasteiger partial charge in [-0.1, -0.05) is 160 Å². The molecule has 0 radical (unpaired) electrons. The van der Waals surface area contributed by atoms with Crippen molar-refractivity contribution in [3.8, 4) is 33.4 Å². The first-order chi connectivity index (χ1) is 23.4. The lowest BCUT2D eigenvalue weighted by atomic mass is 9.82. The molecular formula is C46H34S. The quantitative estimate of drug-likeness (QED) is 0.173. The molecule has 224 valence electrons. The summed E-state index contributed by atoms with van der Waals surface area (Å²) < 4.78 is 10.8. The molecule has 0 fully saturated rings. The zero-order valence-electron chi connectivity index (χ0n) is 27.8. The fourth-order valence-corrected chi connectivity index (χ4v) is 9.05. The third-order valence-corrected chi connectivity index (χ3v) is 10.9. The van der Waals surface area contributed by atoms with E-state index < -0.39 is 0 Å². The molecule has 8 aromatic carbocycles. The van der Waals surface area contributed by atoms with Crippen molar-refractivity contribution in [2.24, 2.45) is 0 Å². The molecule has 0 spiro atoms. The van der Waals surface area contributed by atoms with Gasteiger partial charge in [0, 0.05) is 20.2 Å². The van der Waals surface area contributed by atoms with E-state index in [9.17, 15) is 0 Å². The van der Waals surface area contributed by atoms with Gasteiger partial charge in [0.05, 0.1) is 1.37 Å². The number of fused-ring (bicyclic) bond motifs is 6. The van der Waals surface area contributed by atoms with Crippen molar-refractivity contribution < 1.29 is 1.37 Å². The maximum absolute atomic E-state index is 8.08. The molecule has 0 atom stereocenters. The van der Waals surface area contributed by atoms with Crippen LogP contribution >= 0.6 is 11.3 Å². The lowest BCUT2D eigenvalue weighted by molar-refractivity contribution is 0.597. The van der Waals surface area contributed by atoms with Crippen molar-refractivity contribution in [2.45, 2.75) is 26.2 Å². The monoisotopic (exact) mass is 619 g/mol. The van der Waals surface area contributed by atoms with Crippen LogP contribution in [0.4, 0.5) is 0 Å². The highest BCUT2D eigenvalue weighted by atomic mass is 32.1. The molecular weight excluding hydrogens is 585 g/mol. The van der Waals surface area contributed by atoms with E-state index in [0.717, 1.165) is 10.8 Å². The van der Waals surface area contributed by atoms with Gasteiger partial charge in [0.15, 0.2) is 0 Å². The molecule has 1 heterocycles. The van der Waals surface area contributed by atoms with Gasteiger partial charge in [0.2, 0.25) is 0 Å². The zero-order valence-corrected chi connectivity index (χ0v) is 27.6. The summed E-state index contributed by atoms with van der Waals surface area (Å²) in [5, 5.41) is 9.97. The van der Waals surface area contributed by atoms with Gasteiger partial charge < -0.3 is 0 Å². The molecule has 1 heteroatoms. The fourth-order valence-electron chi connectivity index (χ4n) is 7.60. The van der Waals surface area contributed by atoms with Crippen molar-refractivity contribution >= 4 is 63.8 Å². The zero-order chi connectivity index (χ0) is 32.6. The van der Waals surface area contributed by atoms with Gasteiger partial charge in [-0.15, -0.1) is 11.3 Å². The maximum atomic E-state index is 8.08. The molecule has 0 saturated heterocycles. The Morgan fingerprint density at radius 1 is 0.489 bits per heavy atom. The molecule has 0 saturated carbocycles. The average Bonchev–Trinajstić information content (AvgIpc) is 3.49.